The predicted molar refractivity (Wildman–Crippen MR) is 69.1 cm³/mol. The predicted octanol–water partition coefficient (Wildman–Crippen LogP) is 2.08. The van der Waals surface area contributed by atoms with Crippen molar-refractivity contribution in [2.45, 2.75) is 33.1 Å². The zero-order valence-electron chi connectivity index (χ0n) is 10.8. The average molecular weight is 281 g/mol. The summed E-state index contributed by atoms with van der Waals surface area (Å²) in [4.78, 5) is 19.2. The third-order valence-electron chi connectivity index (χ3n) is 2.53. The average Bonchev–Trinajstić information content (AvgIpc) is 2.88. The van der Waals surface area contributed by atoms with Crippen LogP contribution in [-0.4, -0.2) is 26.2 Å². The van der Waals surface area contributed by atoms with Crippen molar-refractivity contribution in [3.8, 4) is 0 Å². The molecule has 0 spiro atoms. The summed E-state index contributed by atoms with van der Waals surface area (Å²) in [7, 11) is 0. The van der Waals surface area contributed by atoms with Gasteiger partial charge in [0.15, 0.2) is 5.82 Å². The molecule has 2 aromatic rings. The molecule has 0 aliphatic rings. The van der Waals surface area contributed by atoms with Crippen LogP contribution < -0.4 is 0 Å². The molecule has 1 unspecified atom stereocenters. The van der Waals surface area contributed by atoms with Crippen LogP contribution in [0.25, 0.3) is 0 Å². The second-order valence-electron chi connectivity index (χ2n) is 4.57. The summed E-state index contributed by atoms with van der Waals surface area (Å²) in [5.41, 5.74) is 0.985. The standard InChI is InChI=1S/C12H15N3O3S/c1-7(4-12(16)17)3-10-14-9(15-18-10)5-11-13-8(2)6-19-11/h6-7H,3-5H2,1-2H3,(H,16,17). The van der Waals surface area contributed by atoms with E-state index in [4.69, 9.17) is 9.63 Å². The van der Waals surface area contributed by atoms with E-state index in [-0.39, 0.29) is 12.3 Å². The van der Waals surface area contributed by atoms with Crippen LogP contribution in [0.2, 0.25) is 0 Å². The zero-order chi connectivity index (χ0) is 13.8. The fourth-order valence-electron chi connectivity index (χ4n) is 1.73. The molecule has 0 aliphatic heterocycles. The summed E-state index contributed by atoms with van der Waals surface area (Å²) in [6.45, 7) is 3.79. The molecule has 0 aliphatic carbocycles. The molecule has 0 saturated carbocycles. The number of aryl methyl sites for hydroxylation is 1. The molecule has 7 heteroatoms. The second-order valence-corrected chi connectivity index (χ2v) is 5.51. The first-order valence-electron chi connectivity index (χ1n) is 5.97. The van der Waals surface area contributed by atoms with Crippen LogP contribution in [0.4, 0.5) is 0 Å². The monoisotopic (exact) mass is 281 g/mol. The summed E-state index contributed by atoms with van der Waals surface area (Å²) in [5, 5.41) is 15.5. The number of carboxylic acid groups (broad SMARTS) is 1. The molecule has 0 aromatic carbocycles. The lowest BCUT2D eigenvalue weighted by atomic mass is 10.0. The van der Waals surface area contributed by atoms with Crippen molar-refractivity contribution in [3.63, 3.8) is 0 Å². The lowest BCUT2D eigenvalue weighted by molar-refractivity contribution is -0.137. The first-order chi connectivity index (χ1) is 9.02. The van der Waals surface area contributed by atoms with Gasteiger partial charge in [-0.25, -0.2) is 4.98 Å². The van der Waals surface area contributed by atoms with Crippen LogP contribution in [-0.2, 0) is 17.6 Å². The van der Waals surface area contributed by atoms with Crippen molar-refractivity contribution < 1.29 is 14.4 Å². The number of aromatic nitrogens is 3. The molecule has 0 radical (unpaired) electrons. The van der Waals surface area contributed by atoms with Gasteiger partial charge in [0, 0.05) is 23.9 Å². The zero-order valence-corrected chi connectivity index (χ0v) is 11.6. The number of hydrogen-bond acceptors (Lipinski definition) is 6. The minimum Gasteiger partial charge on any atom is -0.481 e. The number of carbonyl (C=O) groups is 1. The van der Waals surface area contributed by atoms with Crippen LogP contribution >= 0.6 is 11.3 Å². The quantitative estimate of drug-likeness (QED) is 0.872. The highest BCUT2D eigenvalue weighted by molar-refractivity contribution is 7.09. The molecule has 19 heavy (non-hydrogen) atoms. The smallest absolute Gasteiger partial charge is 0.303 e. The van der Waals surface area contributed by atoms with E-state index in [1.165, 1.54) is 0 Å². The maximum atomic E-state index is 10.6. The number of hydrogen-bond donors (Lipinski definition) is 1. The third-order valence-corrected chi connectivity index (χ3v) is 3.50. The maximum Gasteiger partial charge on any atom is 0.303 e. The van der Waals surface area contributed by atoms with Crippen molar-refractivity contribution in [1.82, 2.24) is 15.1 Å². The minimum absolute atomic E-state index is 0.0205. The Balaban J connectivity index is 1.93. The minimum atomic E-state index is -0.814. The summed E-state index contributed by atoms with van der Waals surface area (Å²) >= 11 is 1.57. The molecule has 6 nitrogen and oxygen atoms in total. The van der Waals surface area contributed by atoms with E-state index >= 15 is 0 Å². The Morgan fingerprint density at radius 2 is 2.32 bits per heavy atom. The molecule has 0 amide bonds. The van der Waals surface area contributed by atoms with Crippen LogP contribution in [0.15, 0.2) is 9.90 Å². The van der Waals surface area contributed by atoms with E-state index in [2.05, 4.69) is 15.1 Å². The Morgan fingerprint density at radius 3 is 2.95 bits per heavy atom. The summed E-state index contributed by atoms with van der Waals surface area (Å²) < 4.78 is 5.12. The molecule has 1 N–H and O–H groups in total. The Kier molecular flexibility index (Phi) is 4.26. The molecule has 0 fully saturated rings. The normalized spacial score (nSPS) is 12.5. The van der Waals surface area contributed by atoms with Gasteiger partial charge in [-0.15, -0.1) is 11.3 Å². The molecule has 1 atom stereocenters. The molecular weight excluding hydrogens is 266 g/mol. The van der Waals surface area contributed by atoms with E-state index in [1.807, 2.05) is 19.2 Å². The van der Waals surface area contributed by atoms with Crippen molar-refractivity contribution >= 4 is 17.3 Å². The first kappa shape index (κ1) is 13.7. The van der Waals surface area contributed by atoms with Crippen LogP contribution in [0.1, 0.15) is 35.8 Å². The molecule has 2 heterocycles. The van der Waals surface area contributed by atoms with Crippen molar-refractivity contribution in [1.29, 1.82) is 0 Å². The fraction of sp³-hybridized carbons (Fsp3) is 0.500. The molecule has 0 bridgehead atoms. The summed E-state index contributed by atoms with van der Waals surface area (Å²) in [6, 6.07) is 0. The third kappa shape index (κ3) is 4.13. The van der Waals surface area contributed by atoms with Gasteiger partial charge in [0.05, 0.1) is 6.42 Å². The Hall–Kier alpha value is -1.76. The topological polar surface area (TPSA) is 89.1 Å². The van der Waals surface area contributed by atoms with Gasteiger partial charge in [0.1, 0.15) is 5.01 Å². The number of carboxylic acids is 1. The van der Waals surface area contributed by atoms with E-state index in [0.717, 1.165) is 10.7 Å². The SMILES string of the molecule is Cc1csc(Cc2noc(CC(C)CC(=O)O)n2)n1. The lowest BCUT2D eigenvalue weighted by Gasteiger charge is -2.03. The van der Waals surface area contributed by atoms with Crippen LogP contribution in [0.3, 0.4) is 0 Å². The Labute approximate surface area is 114 Å². The van der Waals surface area contributed by atoms with Crippen molar-refractivity contribution in [2.75, 3.05) is 0 Å². The van der Waals surface area contributed by atoms with E-state index in [1.54, 1.807) is 11.3 Å². The fourth-order valence-corrected chi connectivity index (χ4v) is 2.50. The Morgan fingerprint density at radius 1 is 1.53 bits per heavy atom. The Bertz CT molecular complexity index is 564. The van der Waals surface area contributed by atoms with Crippen LogP contribution in [0, 0.1) is 12.8 Å². The van der Waals surface area contributed by atoms with Gasteiger partial charge >= 0.3 is 5.97 Å². The van der Waals surface area contributed by atoms with Gasteiger partial charge < -0.3 is 9.63 Å². The second kappa shape index (κ2) is 5.92. The highest BCUT2D eigenvalue weighted by Crippen LogP contribution is 2.14. The molecule has 2 aromatic heterocycles. The van der Waals surface area contributed by atoms with Gasteiger partial charge in [-0.1, -0.05) is 12.1 Å². The molecule has 102 valence electrons. The number of nitrogens with zero attached hydrogens (tertiary/aromatic N) is 3. The van der Waals surface area contributed by atoms with E-state index in [9.17, 15) is 4.79 Å². The van der Waals surface area contributed by atoms with Crippen molar-refractivity contribution in [2.24, 2.45) is 5.92 Å². The van der Waals surface area contributed by atoms with Crippen LogP contribution in [0.5, 0.6) is 0 Å². The number of aliphatic carboxylic acids is 1. The van der Waals surface area contributed by atoms with Gasteiger partial charge in [-0.3, -0.25) is 4.79 Å². The van der Waals surface area contributed by atoms with Gasteiger partial charge in [-0.05, 0) is 12.8 Å². The van der Waals surface area contributed by atoms with E-state index in [0.29, 0.717) is 24.6 Å². The van der Waals surface area contributed by atoms with E-state index < -0.39 is 5.97 Å². The molecular formula is C12H15N3O3S. The van der Waals surface area contributed by atoms with Gasteiger partial charge in [0.2, 0.25) is 5.89 Å². The number of thiazole rings is 1. The molecule has 2 rings (SSSR count). The number of rotatable bonds is 6. The van der Waals surface area contributed by atoms with Crippen molar-refractivity contribution in [3.05, 3.63) is 27.8 Å². The maximum absolute atomic E-state index is 10.6. The van der Waals surface area contributed by atoms with Gasteiger partial charge in [-0.2, -0.15) is 4.98 Å². The summed E-state index contributed by atoms with van der Waals surface area (Å²) in [6.07, 6.45) is 1.13. The highest BCUT2D eigenvalue weighted by Gasteiger charge is 2.14. The lowest BCUT2D eigenvalue weighted by Crippen LogP contribution is -2.07. The summed E-state index contributed by atoms with van der Waals surface area (Å²) in [5.74, 6) is 0.238. The highest BCUT2D eigenvalue weighted by atomic mass is 32.1. The largest absolute Gasteiger partial charge is 0.481 e. The van der Waals surface area contributed by atoms with Gasteiger partial charge in [0.25, 0.3) is 0 Å². The first-order valence-corrected chi connectivity index (χ1v) is 6.85. The molecule has 0 saturated heterocycles.